The summed E-state index contributed by atoms with van der Waals surface area (Å²) in [6, 6.07) is 0. The van der Waals surface area contributed by atoms with Gasteiger partial charge in [0.05, 0.1) is 5.41 Å². The molecule has 3 aliphatic rings. The fourth-order valence-electron chi connectivity index (χ4n) is 3.29. The summed E-state index contributed by atoms with van der Waals surface area (Å²) in [5, 5.41) is 9.17. The van der Waals surface area contributed by atoms with E-state index in [2.05, 4.69) is 12.2 Å². The molecule has 2 saturated carbocycles. The Bertz CT molecular complexity index is 288. The number of rotatable bonds is 2. The molecule has 0 aromatic heterocycles. The second-order valence-corrected chi connectivity index (χ2v) is 4.85. The molecular weight excluding hydrogens is 164 g/mol. The minimum atomic E-state index is -0.543. The van der Waals surface area contributed by atoms with Gasteiger partial charge < -0.3 is 5.11 Å². The highest BCUT2D eigenvalue weighted by atomic mass is 16.4. The van der Waals surface area contributed by atoms with E-state index in [1.807, 2.05) is 0 Å². The molecule has 3 aliphatic carbocycles. The van der Waals surface area contributed by atoms with Crippen molar-refractivity contribution in [1.29, 1.82) is 0 Å². The fraction of sp³-hybridized carbons (Fsp3) is 0.727. The van der Waals surface area contributed by atoms with Crippen LogP contribution in [0, 0.1) is 23.2 Å². The normalized spacial score (nSPS) is 43.8. The number of fused-ring (bicyclic) bond motifs is 2. The van der Waals surface area contributed by atoms with E-state index in [0.717, 1.165) is 19.3 Å². The van der Waals surface area contributed by atoms with Crippen molar-refractivity contribution >= 4 is 5.97 Å². The number of aliphatic carboxylic acids is 1. The van der Waals surface area contributed by atoms with E-state index in [0.29, 0.717) is 17.8 Å². The quantitative estimate of drug-likeness (QED) is 0.657. The summed E-state index contributed by atoms with van der Waals surface area (Å²) in [7, 11) is 0. The lowest BCUT2D eigenvalue weighted by Crippen LogP contribution is -2.28. The molecule has 2 bridgehead atoms. The summed E-state index contributed by atoms with van der Waals surface area (Å²) in [6.07, 6.45) is 8.72. The summed E-state index contributed by atoms with van der Waals surface area (Å²) >= 11 is 0. The summed E-state index contributed by atoms with van der Waals surface area (Å²) in [4.78, 5) is 11.1. The van der Waals surface area contributed by atoms with Crippen LogP contribution in [0.1, 0.15) is 25.7 Å². The average Bonchev–Trinajstić information content (AvgIpc) is 2.66. The van der Waals surface area contributed by atoms with Crippen LogP contribution in [0.4, 0.5) is 0 Å². The Morgan fingerprint density at radius 1 is 1.31 bits per heavy atom. The lowest BCUT2D eigenvalue weighted by Gasteiger charge is -2.24. The molecule has 70 valence electrons. The molecule has 0 heterocycles. The highest BCUT2D eigenvalue weighted by Crippen LogP contribution is 2.62. The maximum absolute atomic E-state index is 11.1. The molecule has 0 amide bonds. The second kappa shape index (κ2) is 2.17. The third kappa shape index (κ3) is 0.862. The minimum Gasteiger partial charge on any atom is -0.481 e. The van der Waals surface area contributed by atoms with Crippen molar-refractivity contribution in [3.05, 3.63) is 12.2 Å². The van der Waals surface area contributed by atoms with Gasteiger partial charge in [-0.1, -0.05) is 12.2 Å². The molecule has 0 aromatic rings. The molecule has 0 aromatic carbocycles. The number of carbonyl (C=O) groups is 1. The number of allylic oxidation sites excluding steroid dienone is 2. The number of carboxylic acid groups (broad SMARTS) is 1. The van der Waals surface area contributed by atoms with E-state index in [1.54, 1.807) is 0 Å². The van der Waals surface area contributed by atoms with Crippen molar-refractivity contribution in [2.24, 2.45) is 23.2 Å². The average molecular weight is 178 g/mol. The van der Waals surface area contributed by atoms with Gasteiger partial charge in [-0.05, 0) is 43.4 Å². The van der Waals surface area contributed by atoms with Crippen molar-refractivity contribution < 1.29 is 9.90 Å². The van der Waals surface area contributed by atoms with Gasteiger partial charge in [-0.25, -0.2) is 0 Å². The van der Waals surface area contributed by atoms with Crippen LogP contribution < -0.4 is 0 Å². The van der Waals surface area contributed by atoms with Crippen molar-refractivity contribution in [1.82, 2.24) is 0 Å². The van der Waals surface area contributed by atoms with Crippen LogP contribution in [-0.2, 0) is 4.79 Å². The zero-order valence-electron chi connectivity index (χ0n) is 7.57. The Kier molecular flexibility index (Phi) is 1.27. The van der Waals surface area contributed by atoms with Crippen LogP contribution in [0.5, 0.6) is 0 Å². The van der Waals surface area contributed by atoms with Crippen molar-refractivity contribution in [2.75, 3.05) is 0 Å². The lowest BCUT2D eigenvalue weighted by atomic mass is 9.79. The van der Waals surface area contributed by atoms with E-state index < -0.39 is 5.97 Å². The van der Waals surface area contributed by atoms with Gasteiger partial charge in [-0.15, -0.1) is 0 Å². The molecular formula is C11H14O2. The van der Waals surface area contributed by atoms with Crippen molar-refractivity contribution in [3.63, 3.8) is 0 Å². The molecule has 2 heteroatoms. The van der Waals surface area contributed by atoms with E-state index in [1.165, 1.54) is 6.42 Å². The molecule has 2 nitrogen and oxygen atoms in total. The predicted octanol–water partition coefficient (Wildman–Crippen LogP) is 2.06. The zero-order chi connectivity index (χ0) is 9.05. The monoisotopic (exact) mass is 178 g/mol. The minimum absolute atomic E-state index is 0.301. The third-order valence-corrected chi connectivity index (χ3v) is 4.20. The summed E-state index contributed by atoms with van der Waals surface area (Å²) < 4.78 is 0. The van der Waals surface area contributed by atoms with E-state index in [9.17, 15) is 4.79 Å². The van der Waals surface area contributed by atoms with E-state index in [4.69, 9.17) is 5.11 Å². The number of hydrogen-bond acceptors (Lipinski definition) is 1. The molecule has 0 saturated heterocycles. The van der Waals surface area contributed by atoms with E-state index >= 15 is 0 Å². The maximum atomic E-state index is 11.1. The molecule has 3 rings (SSSR count). The number of hydrogen-bond donors (Lipinski definition) is 1. The van der Waals surface area contributed by atoms with Gasteiger partial charge in [0.2, 0.25) is 0 Å². The van der Waals surface area contributed by atoms with Crippen molar-refractivity contribution in [3.8, 4) is 0 Å². The summed E-state index contributed by atoms with van der Waals surface area (Å²) in [6.45, 7) is 0. The van der Waals surface area contributed by atoms with Crippen LogP contribution in [-0.4, -0.2) is 11.1 Å². The fourth-order valence-corrected chi connectivity index (χ4v) is 3.29. The molecule has 1 N–H and O–H groups in total. The first-order chi connectivity index (χ1) is 6.22. The standard InChI is InChI=1S/C11H14O2/c12-10(13)11(3-4-11)9-6-7-1-2-8(9)5-7/h1-2,7-9H,3-6H2,(H,12,13). The maximum Gasteiger partial charge on any atom is 0.309 e. The molecule has 3 atom stereocenters. The summed E-state index contributed by atoms with van der Waals surface area (Å²) in [5.41, 5.74) is -0.301. The van der Waals surface area contributed by atoms with Crippen LogP contribution in [0.3, 0.4) is 0 Å². The van der Waals surface area contributed by atoms with Crippen LogP contribution in [0.2, 0.25) is 0 Å². The molecule has 3 unspecified atom stereocenters. The zero-order valence-corrected chi connectivity index (χ0v) is 7.57. The smallest absolute Gasteiger partial charge is 0.309 e. The van der Waals surface area contributed by atoms with Crippen LogP contribution in [0.25, 0.3) is 0 Å². The first-order valence-corrected chi connectivity index (χ1v) is 5.14. The highest BCUT2D eigenvalue weighted by Gasteiger charge is 2.60. The van der Waals surface area contributed by atoms with Crippen LogP contribution in [0.15, 0.2) is 12.2 Å². The van der Waals surface area contributed by atoms with Gasteiger partial charge in [0, 0.05) is 0 Å². The third-order valence-electron chi connectivity index (χ3n) is 4.20. The van der Waals surface area contributed by atoms with Gasteiger partial charge in [-0.2, -0.15) is 0 Å². The van der Waals surface area contributed by atoms with Gasteiger partial charge in [0.25, 0.3) is 0 Å². The molecule has 0 spiro atoms. The molecule has 0 radical (unpaired) electrons. The van der Waals surface area contributed by atoms with Crippen LogP contribution >= 0.6 is 0 Å². The van der Waals surface area contributed by atoms with Gasteiger partial charge in [-0.3, -0.25) is 4.79 Å². The molecule has 0 aliphatic heterocycles. The first kappa shape index (κ1) is 7.60. The Labute approximate surface area is 77.6 Å². The lowest BCUT2D eigenvalue weighted by molar-refractivity contribution is -0.146. The first-order valence-electron chi connectivity index (χ1n) is 5.14. The number of carboxylic acids is 1. The summed E-state index contributed by atoms with van der Waals surface area (Å²) in [5.74, 6) is 1.20. The second-order valence-electron chi connectivity index (χ2n) is 4.85. The topological polar surface area (TPSA) is 37.3 Å². The van der Waals surface area contributed by atoms with Gasteiger partial charge in [0.15, 0.2) is 0 Å². The van der Waals surface area contributed by atoms with E-state index in [-0.39, 0.29) is 5.41 Å². The Morgan fingerprint density at radius 2 is 2.08 bits per heavy atom. The van der Waals surface area contributed by atoms with Crippen molar-refractivity contribution in [2.45, 2.75) is 25.7 Å². The molecule has 2 fully saturated rings. The van der Waals surface area contributed by atoms with Gasteiger partial charge in [0.1, 0.15) is 0 Å². The Hall–Kier alpha value is -0.790. The Morgan fingerprint density at radius 3 is 2.46 bits per heavy atom. The largest absolute Gasteiger partial charge is 0.481 e. The SMILES string of the molecule is O=C(O)C1(C2CC3C=CC2C3)CC1. The highest BCUT2D eigenvalue weighted by molar-refractivity contribution is 5.78. The molecule has 13 heavy (non-hydrogen) atoms. The Balaban J connectivity index is 1.87. The predicted molar refractivity (Wildman–Crippen MR) is 48.1 cm³/mol. The van der Waals surface area contributed by atoms with Gasteiger partial charge >= 0.3 is 5.97 Å².